The summed E-state index contributed by atoms with van der Waals surface area (Å²) in [5.41, 5.74) is -1.57. The van der Waals surface area contributed by atoms with Crippen LogP contribution in [0.15, 0.2) is 48.5 Å². The standard InChI is InChI=1S/C30H31BF10NP.C6H6/c1-13-10-14(2)28(15(3)11-13)42-31(12-43(42,29(4,5)6)30(7,8)9,16-18(32)22(36)26(40)23(37)19(16)33)17-20(34)24(38)27(41)25(39)21(17)35;1-2-4-6-5-3-1/h10-11H,12H2,1-9H3;1-6H. The molecule has 0 amide bonds. The molecule has 1 nitrogen and oxygen atoms in total. The lowest BCUT2D eigenvalue weighted by atomic mass is 9.27. The summed E-state index contributed by atoms with van der Waals surface area (Å²) in [6.45, 7) is 15.5. The van der Waals surface area contributed by atoms with Gasteiger partial charge < -0.3 is 4.58 Å². The van der Waals surface area contributed by atoms with Gasteiger partial charge in [-0.1, -0.05) is 65.0 Å². The van der Waals surface area contributed by atoms with Gasteiger partial charge in [-0.2, -0.15) is 0 Å². The van der Waals surface area contributed by atoms with E-state index in [0.717, 1.165) is 5.56 Å². The van der Waals surface area contributed by atoms with Crippen LogP contribution in [-0.2, 0) is 0 Å². The monoisotopic (exact) mass is 715 g/mol. The minimum atomic E-state index is -4.09. The van der Waals surface area contributed by atoms with Crippen molar-refractivity contribution >= 4 is 30.3 Å². The maximum atomic E-state index is 15.9. The van der Waals surface area contributed by atoms with E-state index in [0.29, 0.717) is 11.1 Å². The summed E-state index contributed by atoms with van der Waals surface area (Å²) in [6, 6.07) is 14.7. The topological polar surface area (TPSA) is 3.24 Å². The first-order chi connectivity index (χ1) is 22.5. The molecule has 4 aromatic carbocycles. The fourth-order valence-corrected chi connectivity index (χ4v) is 15.2. The number of hydrogen-bond acceptors (Lipinski definition) is 1. The fraction of sp³-hybridized carbons (Fsp3) is 0.333. The Balaban J connectivity index is 0.000000812. The summed E-state index contributed by atoms with van der Waals surface area (Å²) in [5.74, 6) is -24.3. The van der Waals surface area contributed by atoms with Gasteiger partial charge in [0.15, 0.2) is 34.9 Å². The molecule has 264 valence electrons. The molecule has 0 N–H and O–H groups in total. The van der Waals surface area contributed by atoms with E-state index >= 15 is 17.6 Å². The molecule has 49 heavy (non-hydrogen) atoms. The Labute approximate surface area is 280 Å². The molecule has 0 spiro atoms. The minimum absolute atomic E-state index is 0.155. The summed E-state index contributed by atoms with van der Waals surface area (Å²) in [4.78, 5) is 0. The van der Waals surface area contributed by atoms with Crippen molar-refractivity contribution in [2.45, 2.75) is 72.6 Å². The van der Waals surface area contributed by atoms with E-state index in [1.54, 1.807) is 74.4 Å². The normalized spacial score (nSPS) is 15.4. The predicted molar refractivity (Wildman–Crippen MR) is 178 cm³/mol. The Morgan fingerprint density at radius 2 is 0.755 bits per heavy atom. The average Bonchev–Trinajstić information content (AvgIpc) is 3.00. The maximum absolute atomic E-state index is 15.9. The maximum Gasteiger partial charge on any atom is 0.232 e. The Kier molecular flexibility index (Phi) is 10.1. The number of rotatable bonds is 3. The predicted octanol–water partition coefficient (Wildman–Crippen LogP) is 10.3. The third-order valence-electron chi connectivity index (χ3n) is 9.51. The van der Waals surface area contributed by atoms with Crippen molar-refractivity contribution in [1.29, 1.82) is 0 Å². The molecular formula is C36H37BF10NP. The first-order valence-corrected chi connectivity index (χ1v) is 17.4. The van der Waals surface area contributed by atoms with Crippen molar-refractivity contribution in [1.82, 2.24) is 0 Å². The molecule has 4 aromatic rings. The van der Waals surface area contributed by atoms with Crippen LogP contribution in [0.1, 0.15) is 58.2 Å². The van der Waals surface area contributed by atoms with Gasteiger partial charge in [0.1, 0.15) is 23.3 Å². The van der Waals surface area contributed by atoms with E-state index in [-0.39, 0.29) is 5.69 Å². The van der Waals surface area contributed by atoms with Crippen molar-refractivity contribution in [2.24, 2.45) is 0 Å². The largest absolute Gasteiger partial charge is 0.403 e. The van der Waals surface area contributed by atoms with Crippen molar-refractivity contribution < 1.29 is 43.9 Å². The zero-order valence-electron chi connectivity index (χ0n) is 28.6. The number of nitrogens with zero attached hydrogens (tertiary/aromatic N) is 1. The zero-order chi connectivity index (χ0) is 37.2. The summed E-state index contributed by atoms with van der Waals surface area (Å²) >= 11 is 0. The quantitative estimate of drug-likeness (QED) is 0.0671. The minimum Gasteiger partial charge on any atom is -0.403 e. The third-order valence-corrected chi connectivity index (χ3v) is 16.3. The van der Waals surface area contributed by atoms with E-state index in [9.17, 15) is 26.3 Å². The molecule has 1 saturated heterocycles. The van der Waals surface area contributed by atoms with Crippen LogP contribution in [0.25, 0.3) is 0 Å². The molecule has 1 heterocycles. The van der Waals surface area contributed by atoms with Crippen LogP contribution in [0.2, 0.25) is 0 Å². The van der Waals surface area contributed by atoms with Crippen LogP contribution >= 0.6 is 7.41 Å². The van der Waals surface area contributed by atoms with Gasteiger partial charge in [-0.3, -0.25) is 0 Å². The SMILES string of the molecule is Cc1cc(C)c(N2[B-](c3c(F)c(F)c(F)c(F)c3F)(c3c(F)c(F)c(F)c(F)c3F)C[P+]2(C(C)(C)C)C(C)(C)C)c(C)c1.c1ccccc1. The first-order valence-electron chi connectivity index (χ1n) is 15.5. The zero-order valence-corrected chi connectivity index (χ0v) is 29.5. The molecular weight excluding hydrogens is 678 g/mol. The molecule has 5 rings (SSSR count). The van der Waals surface area contributed by atoms with Gasteiger partial charge >= 0.3 is 0 Å². The lowest BCUT2D eigenvalue weighted by Crippen LogP contribution is -2.86. The molecule has 13 heteroatoms. The Morgan fingerprint density at radius 3 is 1.02 bits per heavy atom. The number of aryl methyl sites for hydroxylation is 3. The first kappa shape index (κ1) is 38.3. The van der Waals surface area contributed by atoms with Crippen molar-refractivity contribution in [3.8, 4) is 0 Å². The van der Waals surface area contributed by atoms with Crippen LogP contribution in [0, 0.1) is 78.9 Å². The highest BCUT2D eigenvalue weighted by atomic mass is 31.2. The van der Waals surface area contributed by atoms with Crippen molar-refractivity contribution in [3.05, 3.63) is 123 Å². The highest BCUT2D eigenvalue weighted by Crippen LogP contribution is 2.86. The Hall–Kier alpha value is -3.53. The molecule has 1 aliphatic heterocycles. The van der Waals surface area contributed by atoms with Gasteiger partial charge in [0.05, 0.1) is 10.3 Å². The molecule has 0 aliphatic carbocycles. The number of hydrogen-bond donors (Lipinski definition) is 0. The smallest absolute Gasteiger partial charge is 0.232 e. The summed E-state index contributed by atoms with van der Waals surface area (Å²) in [7, 11) is -3.14. The van der Waals surface area contributed by atoms with Crippen molar-refractivity contribution in [2.75, 3.05) is 10.6 Å². The van der Waals surface area contributed by atoms with Crippen LogP contribution in [0.3, 0.4) is 0 Å². The van der Waals surface area contributed by atoms with Gasteiger partial charge in [-0.15, -0.1) is 0 Å². The molecule has 0 radical (unpaired) electrons. The van der Waals surface area contributed by atoms with E-state index in [1.807, 2.05) is 36.4 Å². The van der Waals surface area contributed by atoms with Crippen molar-refractivity contribution in [3.63, 3.8) is 0 Å². The van der Waals surface area contributed by atoms with E-state index in [4.69, 9.17) is 0 Å². The van der Waals surface area contributed by atoms with Crippen LogP contribution in [0.4, 0.5) is 49.6 Å². The second-order valence-corrected chi connectivity index (χ2v) is 19.5. The molecule has 0 aromatic heterocycles. The number of benzene rings is 4. The van der Waals surface area contributed by atoms with E-state index in [1.165, 1.54) is 4.58 Å². The number of halogens is 10. The summed E-state index contributed by atoms with van der Waals surface area (Å²) < 4.78 is 153. The Morgan fingerprint density at radius 1 is 0.490 bits per heavy atom. The van der Waals surface area contributed by atoms with Gasteiger partial charge in [0.25, 0.3) is 0 Å². The van der Waals surface area contributed by atoms with Crippen LogP contribution < -0.4 is 15.5 Å². The van der Waals surface area contributed by atoms with E-state index in [2.05, 4.69) is 0 Å². The van der Waals surface area contributed by atoms with Crippen LogP contribution in [-0.4, -0.2) is 22.7 Å². The molecule has 0 saturated carbocycles. The van der Waals surface area contributed by atoms with E-state index < -0.39 is 99.2 Å². The summed E-state index contributed by atoms with van der Waals surface area (Å²) in [6.07, 6.45) is -4.09. The fourth-order valence-electron chi connectivity index (χ4n) is 7.95. The highest BCUT2D eigenvalue weighted by Gasteiger charge is 2.75. The average molecular weight is 715 g/mol. The summed E-state index contributed by atoms with van der Waals surface area (Å²) in [5, 5.41) is -1.73. The molecule has 0 atom stereocenters. The molecule has 0 bridgehead atoms. The number of anilines is 1. The van der Waals surface area contributed by atoms with Gasteiger partial charge in [0.2, 0.25) is 6.28 Å². The Bertz CT molecular complexity index is 1730. The van der Waals surface area contributed by atoms with Crippen LogP contribution in [0.5, 0.6) is 0 Å². The van der Waals surface area contributed by atoms with Gasteiger partial charge in [0, 0.05) is 13.1 Å². The lowest BCUT2D eigenvalue weighted by molar-refractivity contribution is 0.381. The van der Waals surface area contributed by atoms with Gasteiger partial charge in [-0.05, 0) is 79.5 Å². The second-order valence-electron chi connectivity index (χ2n) is 14.5. The molecule has 1 aliphatic rings. The molecule has 1 fully saturated rings. The highest BCUT2D eigenvalue weighted by molar-refractivity contribution is 7.90. The van der Waals surface area contributed by atoms with Gasteiger partial charge in [-0.25, -0.2) is 43.9 Å². The lowest BCUT2D eigenvalue weighted by Gasteiger charge is -2.75. The third kappa shape index (κ3) is 5.72. The second kappa shape index (κ2) is 13.0. The molecule has 0 unspecified atom stereocenters.